The van der Waals surface area contributed by atoms with E-state index in [1.165, 1.54) is 6.07 Å². The van der Waals surface area contributed by atoms with E-state index in [2.05, 4.69) is 14.5 Å². The zero-order chi connectivity index (χ0) is 27.6. The second-order valence-electron chi connectivity index (χ2n) is 10.0. The molecule has 40 heavy (non-hydrogen) atoms. The number of halogens is 1. The summed E-state index contributed by atoms with van der Waals surface area (Å²) in [6.07, 6.45) is 2.94. The van der Waals surface area contributed by atoms with Crippen LogP contribution in [0.1, 0.15) is 57.6 Å². The maximum absolute atomic E-state index is 14.2. The molecule has 2 saturated heterocycles. The van der Waals surface area contributed by atoms with Gasteiger partial charge < -0.3 is 19.1 Å². The van der Waals surface area contributed by atoms with Crippen LogP contribution in [-0.4, -0.2) is 61.3 Å². The van der Waals surface area contributed by atoms with Gasteiger partial charge in [-0.05, 0) is 50.6 Å². The Bertz CT molecular complexity index is 1590. The van der Waals surface area contributed by atoms with Gasteiger partial charge in [-0.1, -0.05) is 23.5 Å². The van der Waals surface area contributed by atoms with Crippen LogP contribution < -0.4 is 4.74 Å². The van der Waals surface area contributed by atoms with Crippen molar-refractivity contribution in [2.75, 3.05) is 19.7 Å². The summed E-state index contributed by atoms with van der Waals surface area (Å²) in [5.74, 6) is 0.0854. The number of rotatable bonds is 9. The van der Waals surface area contributed by atoms with E-state index in [9.17, 15) is 14.3 Å². The zero-order valence-corrected chi connectivity index (χ0v) is 22.4. The van der Waals surface area contributed by atoms with Crippen LogP contribution in [0, 0.1) is 17.1 Å². The number of piperidine rings is 1. The number of carboxylic acids is 1. The molecule has 6 rings (SSSR count). The molecule has 0 radical (unpaired) electrons. The van der Waals surface area contributed by atoms with Gasteiger partial charge in [0.25, 0.3) is 0 Å². The molecule has 1 unspecified atom stereocenters. The van der Waals surface area contributed by atoms with E-state index in [-0.39, 0.29) is 29.2 Å². The van der Waals surface area contributed by atoms with E-state index in [0.717, 1.165) is 66.6 Å². The normalized spacial score (nSPS) is 17.9. The predicted molar refractivity (Wildman–Crippen MR) is 144 cm³/mol. The largest absolute Gasteiger partial charge is 0.476 e. The van der Waals surface area contributed by atoms with Crippen molar-refractivity contribution in [3.63, 3.8) is 0 Å². The van der Waals surface area contributed by atoms with Crippen LogP contribution in [0.15, 0.2) is 36.4 Å². The van der Waals surface area contributed by atoms with Gasteiger partial charge in [-0.25, -0.2) is 24.1 Å². The Balaban J connectivity index is 1.08. The Kier molecular flexibility index (Phi) is 7.42. The molecule has 0 aliphatic carbocycles. The topological polar surface area (TPSA) is 126 Å². The van der Waals surface area contributed by atoms with E-state index in [0.29, 0.717) is 30.2 Å². The minimum Gasteiger partial charge on any atom is -0.476 e. The third-order valence-electron chi connectivity index (χ3n) is 7.42. The lowest BCUT2D eigenvalue weighted by molar-refractivity contribution is -0.0591. The van der Waals surface area contributed by atoms with E-state index in [1.54, 1.807) is 18.2 Å². The number of hydrogen-bond donors (Lipinski definition) is 1. The monoisotopic (exact) mass is 562 g/mol. The Morgan fingerprint density at radius 1 is 1.20 bits per heavy atom. The average molecular weight is 563 g/mol. The molecule has 0 saturated carbocycles. The standard InChI is InChI=1S/C28H27FN6O4S/c29-21-12-17(13-30)4-5-19(21)16-39-24-3-1-2-22(31-24)18-6-9-34(10-7-18)15-23-32-25-27(40-26(33-25)28(36)37)35(23)14-20-8-11-38-20/h1-5,12,18,20H,6-11,14-16H2,(H,36,37). The van der Waals surface area contributed by atoms with Crippen LogP contribution in [0.25, 0.3) is 10.5 Å². The van der Waals surface area contributed by atoms with Crippen LogP contribution in [0.5, 0.6) is 5.88 Å². The molecule has 2 fully saturated rings. The highest BCUT2D eigenvalue weighted by Gasteiger charge is 2.27. The summed E-state index contributed by atoms with van der Waals surface area (Å²) in [5, 5.41) is 18.3. The van der Waals surface area contributed by atoms with Crippen LogP contribution in [-0.2, 0) is 24.4 Å². The number of hydrogen-bond acceptors (Lipinski definition) is 9. The van der Waals surface area contributed by atoms with Gasteiger partial charge in [0.1, 0.15) is 23.1 Å². The molecule has 0 amide bonds. The molecule has 3 aromatic heterocycles. The number of carbonyl (C=O) groups is 1. The molecule has 5 heterocycles. The molecule has 12 heteroatoms. The number of ether oxygens (including phenoxy) is 2. The maximum atomic E-state index is 14.2. The maximum Gasteiger partial charge on any atom is 0.365 e. The fraction of sp³-hybridized carbons (Fsp3) is 0.393. The average Bonchev–Trinajstić information content (AvgIpc) is 3.49. The van der Waals surface area contributed by atoms with Crippen LogP contribution in [0.4, 0.5) is 4.39 Å². The number of benzene rings is 1. The van der Waals surface area contributed by atoms with E-state index < -0.39 is 11.8 Å². The number of aromatic carboxylic acids is 1. The lowest BCUT2D eigenvalue weighted by Gasteiger charge is -2.32. The summed E-state index contributed by atoms with van der Waals surface area (Å²) >= 11 is 1.16. The Hall–Kier alpha value is -3.92. The minimum absolute atomic E-state index is 0.0330. The fourth-order valence-corrected chi connectivity index (χ4v) is 5.97. The van der Waals surface area contributed by atoms with Crippen molar-refractivity contribution in [3.05, 3.63) is 69.9 Å². The number of nitrogens with zero attached hydrogens (tertiary/aromatic N) is 6. The molecule has 0 spiro atoms. The fourth-order valence-electron chi connectivity index (χ4n) is 5.10. The third kappa shape index (κ3) is 5.54. The van der Waals surface area contributed by atoms with Gasteiger partial charge >= 0.3 is 5.97 Å². The Labute approximate surface area is 233 Å². The molecule has 1 aromatic carbocycles. The Morgan fingerprint density at radius 2 is 2.02 bits per heavy atom. The van der Waals surface area contributed by atoms with Crippen molar-refractivity contribution >= 4 is 27.8 Å². The Morgan fingerprint density at radius 3 is 2.73 bits per heavy atom. The third-order valence-corrected chi connectivity index (χ3v) is 8.48. The number of carboxylic acid groups (broad SMARTS) is 1. The van der Waals surface area contributed by atoms with Gasteiger partial charge in [0.05, 0.1) is 30.8 Å². The SMILES string of the molecule is N#Cc1ccc(COc2cccc(C3CCN(Cc4nc5nc(C(=O)O)sc5n4CC4CCO4)CC3)n2)c(F)c1. The lowest BCUT2D eigenvalue weighted by atomic mass is 9.93. The van der Waals surface area contributed by atoms with Gasteiger partial charge in [-0.3, -0.25) is 4.90 Å². The van der Waals surface area contributed by atoms with Crippen LogP contribution in [0.3, 0.4) is 0 Å². The summed E-state index contributed by atoms with van der Waals surface area (Å²) in [7, 11) is 0. The summed E-state index contributed by atoms with van der Waals surface area (Å²) in [6.45, 7) is 3.81. The van der Waals surface area contributed by atoms with Crippen molar-refractivity contribution in [1.82, 2.24) is 24.4 Å². The number of aromatic nitrogens is 4. The summed E-state index contributed by atoms with van der Waals surface area (Å²) in [4.78, 5) is 28.2. The number of pyridine rings is 1. The highest BCUT2D eigenvalue weighted by molar-refractivity contribution is 7.19. The second kappa shape index (κ2) is 11.3. The number of imidazole rings is 1. The number of likely N-dealkylation sites (tertiary alicyclic amines) is 1. The quantitative estimate of drug-likeness (QED) is 0.317. The predicted octanol–water partition coefficient (Wildman–Crippen LogP) is 4.34. The molecule has 1 atom stereocenters. The first-order valence-corrected chi connectivity index (χ1v) is 14.0. The minimum atomic E-state index is -1.04. The van der Waals surface area contributed by atoms with Crippen LogP contribution in [0.2, 0.25) is 0 Å². The molecule has 4 aromatic rings. The van der Waals surface area contributed by atoms with Gasteiger partial charge in [-0.15, -0.1) is 0 Å². The molecule has 10 nitrogen and oxygen atoms in total. The first-order valence-electron chi connectivity index (χ1n) is 13.2. The number of thiazole rings is 1. The van der Waals surface area contributed by atoms with E-state index in [4.69, 9.17) is 24.7 Å². The smallest absolute Gasteiger partial charge is 0.365 e. The van der Waals surface area contributed by atoms with E-state index >= 15 is 0 Å². The first-order chi connectivity index (χ1) is 19.5. The van der Waals surface area contributed by atoms with Crippen molar-refractivity contribution in [2.45, 2.75) is 51.0 Å². The molecule has 206 valence electrons. The highest BCUT2D eigenvalue weighted by atomic mass is 32.1. The first kappa shape index (κ1) is 26.3. The van der Waals surface area contributed by atoms with Gasteiger partial charge in [0, 0.05) is 29.8 Å². The van der Waals surface area contributed by atoms with Crippen molar-refractivity contribution in [3.8, 4) is 11.9 Å². The number of nitriles is 1. The van der Waals surface area contributed by atoms with Gasteiger partial charge in [0.2, 0.25) is 10.9 Å². The van der Waals surface area contributed by atoms with Crippen molar-refractivity contribution in [2.24, 2.45) is 0 Å². The van der Waals surface area contributed by atoms with Crippen molar-refractivity contribution in [1.29, 1.82) is 5.26 Å². The number of fused-ring (bicyclic) bond motifs is 1. The summed E-state index contributed by atoms with van der Waals surface area (Å²) in [5.41, 5.74) is 2.07. The van der Waals surface area contributed by atoms with Gasteiger partial charge in [-0.2, -0.15) is 5.26 Å². The molecule has 2 aliphatic rings. The molecule has 2 aliphatic heterocycles. The summed E-state index contributed by atoms with van der Waals surface area (Å²) in [6, 6.07) is 11.9. The highest BCUT2D eigenvalue weighted by Crippen LogP contribution is 2.31. The lowest BCUT2D eigenvalue weighted by Crippen LogP contribution is -2.35. The molecule has 0 bridgehead atoms. The summed E-state index contributed by atoms with van der Waals surface area (Å²) < 4.78 is 27.7. The van der Waals surface area contributed by atoms with Gasteiger partial charge in [0.15, 0.2) is 5.65 Å². The zero-order valence-electron chi connectivity index (χ0n) is 21.6. The second-order valence-corrected chi connectivity index (χ2v) is 11.0. The van der Waals surface area contributed by atoms with Crippen LogP contribution >= 0.6 is 11.3 Å². The molecular formula is C28H27FN6O4S. The van der Waals surface area contributed by atoms with Crippen molar-refractivity contribution < 1.29 is 23.8 Å². The van der Waals surface area contributed by atoms with E-state index in [1.807, 2.05) is 18.2 Å². The molecular weight excluding hydrogens is 535 g/mol. The molecule has 1 N–H and O–H groups in total.